The second-order valence-corrected chi connectivity index (χ2v) is 0.100. The minimum absolute atomic E-state index is 0. The molecular weight excluding hydrogens is 246 g/mol. The summed E-state index contributed by atoms with van der Waals surface area (Å²) in [6.07, 6.45) is 0. The van der Waals surface area contributed by atoms with E-state index in [1.807, 2.05) is 0 Å². The predicted octanol–water partition coefficient (Wildman–Crippen LogP) is 0.495. The molecule has 0 aromatic carbocycles. The maximum atomic E-state index is 6.86. The Bertz CT molecular complexity index is 24.3. The molecule has 19 valence electrons. The van der Waals surface area contributed by atoms with Crippen LogP contribution in [0.1, 0.15) is 0 Å². The van der Waals surface area contributed by atoms with Crippen molar-refractivity contribution in [2.24, 2.45) is 0 Å². The predicted molar refractivity (Wildman–Crippen MR) is 15.2 cm³/mol. The standard InChI is InChI=1S/HN3.Tl/c1-3-2;/h1H;. The molecule has 4 heavy (non-hydrogen) atoms. The Morgan fingerprint density at radius 1 is 1.75 bits per heavy atom. The summed E-state index contributed by atoms with van der Waals surface area (Å²) in [6, 6.07) is 0. The van der Waals surface area contributed by atoms with Crippen molar-refractivity contribution >= 4 is 27.3 Å². The van der Waals surface area contributed by atoms with Gasteiger partial charge in [-0.25, -0.2) is 0 Å². The van der Waals surface area contributed by atoms with E-state index >= 15 is 0 Å². The Hall–Kier alpha value is 0.232. The smallest absolute Gasteiger partial charge is 0 e. The van der Waals surface area contributed by atoms with Gasteiger partial charge in [0.05, 0.1) is 0 Å². The van der Waals surface area contributed by atoms with E-state index in [-0.39, 0.29) is 27.3 Å². The van der Waals surface area contributed by atoms with E-state index in [1.54, 1.807) is 4.91 Å². The fraction of sp³-hybridized carbons (Fsp3) is 0. The van der Waals surface area contributed by atoms with Crippen LogP contribution in [0.4, 0.5) is 0 Å². The summed E-state index contributed by atoms with van der Waals surface area (Å²) in [4.78, 5) is 1.75. The molecule has 0 fully saturated rings. The summed E-state index contributed by atoms with van der Waals surface area (Å²) in [6.45, 7) is 0. The summed E-state index contributed by atoms with van der Waals surface area (Å²) in [7, 11) is 0. The van der Waals surface area contributed by atoms with Gasteiger partial charge < -0.3 is 0 Å². The van der Waals surface area contributed by atoms with E-state index in [2.05, 4.69) is 0 Å². The van der Waals surface area contributed by atoms with Crippen molar-refractivity contribution < 1.29 is 0 Å². The Balaban J connectivity index is 0. The molecule has 0 saturated carbocycles. The number of hydrogen-bond donors (Lipinski definition) is 1. The molecular formula is HN3Tl. The number of nitrogens with one attached hydrogen (secondary N) is 1. The normalized spacial score (nSPS) is 2.00. The van der Waals surface area contributed by atoms with Gasteiger partial charge >= 0.3 is 0 Å². The number of nitrogens with zero attached hydrogens (tertiary/aromatic N) is 2. The Labute approximate surface area is 43.6 Å². The second-order valence-electron chi connectivity index (χ2n) is 0.100. The summed E-state index contributed by atoms with van der Waals surface area (Å²) in [5, 5.41) is 0. The first-order valence-corrected chi connectivity index (χ1v) is 0.424. The molecule has 0 unspecified atom stereocenters. The van der Waals surface area contributed by atoms with Crippen LogP contribution >= 0.6 is 0 Å². The summed E-state index contributed by atoms with van der Waals surface area (Å²) >= 11 is 0. The molecule has 3 nitrogen and oxygen atoms in total. The Morgan fingerprint density at radius 2 is 1.75 bits per heavy atom. The molecule has 1 N–H and O–H groups in total. The molecule has 0 heterocycles. The zero-order valence-electron chi connectivity index (χ0n) is 1.97. The van der Waals surface area contributed by atoms with Crippen LogP contribution in [0.5, 0.6) is 0 Å². The largest absolute Gasteiger partial charge is 0.108 e. The van der Waals surface area contributed by atoms with Crippen molar-refractivity contribution in [3.05, 3.63) is 10.4 Å². The van der Waals surface area contributed by atoms with Crippen LogP contribution in [0.15, 0.2) is 0 Å². The van der Waals surface area contributed by atoms with Crippen LogP contribution in [-0.4, -0.2) is 27.3 Å². The van der Waals surface area contributed by atoms with Gasteiger partial charge in [-0.3, -0.25) is 0 Å². The van der Waals surface area contributed by atoms with Gasteiger partial charge in [0.2, 0.25) is 0 Å². The molecule has 0 aromatic rings. The first-order valence-electron chi connectivity index (χ1n) is 0.424. The van der Waals surface area contributed by atoms with Gasteiger partial charge in [0.25, 0.3) is 0 Å². The van der Waals surface area contributed by atoms with Crippen LogP contribution in [0.3, 0.4) is 0 Å². The molecule has 0 aromatic heterocycles. The Kier molecular flexibility index (Phi) is 23.5. The maximum Gasteiger partial charge on any atom is 0 e. The van der Waals surface area contributed by atoms with E-state index < -0.39 is 0 Å². The number of hydrogen-bond acceptors (Lipinski definition) is 1. The molecule has 0 aliphatic carbocycles. The minimum Gasteiger partial charge on any atom is -0.108 e. The van der Waals surface area contributed by atoms with Gasteiger partial charge in [-0.05, 0) is 10.4 Å². The van der Waals surface area contributed by atoms with Crippen molar-refractivity contribution in [1.82, 2.24) is 0 Å². The third kappa shape index (κ3) is 62.9. The summed E-state index contributed by atoms with van der Waals surface area (Å²) in [5.74, 6) is 0. The van der Waals surface area contributed by atoms with Crippen LogP contribution in [0, 0.1) is 5.53 Å². The van der Waals surface area contributed by atoms with E-state index in [0.29, 0.717) is 0 Å². The molecule has 1 radical (unpaired) electrons. The Morgan fingerprint density at radius 3 is 1.75 bits per heavy atom. The second kappa shape index (κ2) is 10.6. The summed E-state index contributed by atoms with van der Waals surface area (Å²) < 4.78 is 0. The molecule has 0 saturated heterocycles. The zero-order chi connectivity index (χ0) is 2.71. The average Bonchev–Trinajstić information content (AvgIpc) is 0.918. The van der Waals surface area contributed by atoms with Gasteiger partial charge in [-0.2, -0.15) is 0 Å². The van der Waals surface area contributed by atoms with E-state index in [9.17, 15) is 0 Å². The van der Waals surface area contributed by atoms with Crippen LogP contribution in [-0.2, 0) is 0 Å². The van der Waals surface area contributed by atoms with Crippen molar-refractivity contribution in [3.63, 3.8) is 0 Å². The fourth-order valence-corrected chi connectivity index (χ4v) is 0. The van der Waals surface area contributed by atoms with Crippen LogP contribution in [0.2, 0.25) is 0 Å². The van der Waals surface area contributed by atoms with Crippen molar-refractivity contribution in [3.8, 4) is 0 Å². The molecule has 0 aliphatic heterocycles. The topological polar surface area (TPSA) is 60.3 Å². The van der Waals surface area contributed by atoms with Crippen molar-refractivity contribution in [2.75, 3.05) is 0 Å². The van der Waals surface area contributed by atoms with E-state index in [4.69, 9.17) is 11.1 Å². The number of rotatable bonds is 0. The minimum atomic E-state index is 0. The molecule has 0 aliphatic rings. The van der Waals surface area contributed by atoms with Gasteiger partial charge in [0.1, 0.15) is 0 Å². The van der Waals surface area contributed by atoms with Crippen molar-refractivity contribution in [1.29, 1.82) is 5.53 Å². The third-order valence-corrected chi connectivity index (χ3v) is 0. The fourth-order valence-electron chi connectivity index (χ4n) is 0. The third-order valence-electron chi connectivity index (χ3n) is 0. The molecule has 0 bridgehead atoms. The SMILES string of the molecule is [N-]=[N+]=N.[Tl]. The molecule has 0 spiro atoms. The van der Waals surface area contributed by atoms with Crippen molar-refractivity contribution in [2.45, 2.75) is 0 Å². The van der Waals surface area contributed by atoms with Crippen LogP contribution < -0.4 is 0 Å². The molecule has 0 atom stereocenters. The van der Waals surface area contributed by atoms with Crippen LogP contribution in [0.25, 0.3) is 10.4 Å². The molecule has 0 rings (SSSR count). The molecule has 0 amide bonds. The molecule has 4 heteroatoms. The first kappa shape index (κ1) is 8.87. The quantitative estimate of drug-likeness (QED) is 0.280. The summed E-state index contributed by atoms with van der Waals surface area (Å²) in [5.41, 5.74) is 12.2. The zero-order valence-corrected chi connectivity index (χ0v) is 6.46. The van der Waals surface area contributed by atoms with E-state index in [1.165, 1.54) is 0 Å². The van der Waals surface area contributed by atoms with Gasteiger partial charge in [0.15, 0.2) is 0 Å². The first-order chi connectivity index (χ1) is 1.41. The van der Waals surface area contributed by atoms with Gasteiger partial charge in [-0.1, -0.05) is 0 Å². The maximum absolute atomic E-state index is 6.86. The van der Waals surface area contributed by atoms with Gasteiger partial charge in [-0.15, -0.1) is 5.53 Å². The monoisotopic (exact) mass is 248 g/mol. The van der Waals surface area contributed by atoms with E-state index in [0.717, 1.165) is 0 Å². The average molecular weight is 247 g/mol. The van der Waals surface area contributed by atoms with Gasteiger partial charge in [0, 0.05) is 27.3 Å².